The number of carbonyl (C=O) groups is 1. The van der Waals surface area contributed by atoms with Crippen LogP contribution in [-0.4, -0.2) is 34.0 Å². The maximum absolute atomic E-state index is 13.8. The zero-order valence-electron chi connectivity index (χ0n) is 18.7. The number of rotatable bonds is 8. The van der Waals surface area contributed by atoms with Crippen molar-refractivity contribution in [1.82, 2.24) is 20.3 Å². The van der Waals surface area contributed by atoms with Gasteiger partial charge in [0.25, 0.3) is 5.91 Å². The molecule has 174 valence electrons. The van der Waals surface area contributed by atoms with Gasteiger partial charge in [-0.25, -0.2) is 18.7 Å². The van der Waals surface area contributed by atoms with E-state index in [2.05, 4.69) is 25.6 Å². The summed E-state index contributed by atoms with van der Waals surface area (Å²) in [6.07, 6.45) is 3.28. The lowest BCUT2D eigenvalue weighted by Crippen LogP contribution is -2.31. The van der Waals surface area contributed by atoms with E-state index in [0.717, 1.165) is 12.1 Å². The van der Waals surface area contributed by atoms with Gasteiger partial charge in [0.15, 0.2) is 24.1 Å². The minimum absolute atomic E-state index is 0.140. The normalized spacial score (nSPS) is 11.0. The molecule has 0 radical (unpaired) electrons. The third kappa shape index (κ3) is 5.61. The molecule has 7 nitrogen and oxygen atoms in total. The summed E-state index contributed by atoms with van der Waals surface area (Å²) in [7, 11) is 0. The number of halogens is 2. The number of benzene rings is 2. The van der Waals surface area contributed by atoms with Crippen molar-refractivity contribution in [3.63, 3.8) is 0 Å². The van der Waals surface area contributed by atoms with E-state index >= 15 is 0 Å². The van der Waals surface area contributed by atoms with Crippen molar-refractivity contribution in [3.8, 4) is 17.1 Å². The van der Waals surface area contributed by atoms with Gasteiger partial charge in [-0.15, -0.1) is 0 Å². The van der Waals surface area contributed by atoms with Gasteiger partial charge in [-0.05, 0) is 48.4 Å². The number of aromatic nitrogens is 3. The minimum atomic E-state index is -0.979. The van der Waals surface area contributed by atoms with E-state index in [1.165, 1.54) is 6.07 Å². The fraction of sp³-hybridized carbons (Fsp3) is 0.200. The molecule has 2 aromatic heterocycles. The van der Waals surface area contributed by atoms with Gasteiger partial charge in [0.2, 0.25) is 0 Å². The molecule has 1 amide bonds. The zero-order valence-corrected chi connectivity index (χ0v) is 18.7. The first-order chi connectivity index (χ1) is 16.4. The lowest BCUT2D eigenvalue weighted by molar-refractivity contribution is -0.123. The molecule has 0 bridgehead atoms. The number of hydrogen-bond acceptors (Lipinski definition) is 6. The van der Waals surface area contributed by atoms with Gasteiger partial charge in [0.1, 0.15) is 11.6 Å². The average molecular weight is 463 g/mol. The lowest BCUT2D eigenvalue weighted by Gasteiger charge is -2.13. The first-order valence-electron chi connectivity index (χ1n) is 10.7. The number of carbonyl (C=O) groups excluding carboxylic acids is 1. The van der Waals surface area contributed by atoms with Crippen LogP contribution in [-0.2, 0) is 4.79 Å². The van der Waals surface area contributed by atoms with E-state index in [1.54, 1.807) is 36.7 Å². The topological polar surface area (TPSA) is 89.0 Å². The highest BCUT2D eigenvalue weighted by Crippen LogP contribution is 2.30. The van der Waals surface area contributed by atoms with E-state index < -0.39 is 11.6 Å². The van der Waals surface area contributed by atoms with Crippen LogP contribution < -0.4 is 15.4 Å². The molecule has 0 unspecified atom stereocenters. The molecule has 0 fully saturated rings. The molecule has 0 aliphatic heterocycles. The predicted molar refractivity (Wildman–Crippen MR) is 126 cm³/mol. The Labute approximate surface area is 195 Å². The zero-order chi connectivity index (χ0) is 24.1. The van der Waals surface area contributed by atoms with Crippen LogP contribution in [0.5, 0.6) is 5.75 Å². The predicted octanol–water partition coefficient (Wildman–Crippen LogP) is 4.86. The summed E-state index contributed by atoms with van der Waals surface area (Å²) in [5.74, 6) is -0.596. The van der Waals surface area contributed by atoms with Crippen molar-refractivity contribution in [3.05, 3.63) is 72.6 Å². The standard InChI is InChI=1S/C25H23F2N5O2/c1-15(2)12-29-23(33)14-34-18-6-8-22-19(11-18)25(30-17-5-7-20(26)21(27)10-17)32-24(31-22)16-4-3-9-28-13-16/h3-11,13,15H,12,14H2,1-2H3,(H,29,33)(H,30,31,32). The summed E-state index contributed by atoms with van der Waals surface area (Å²) >= 11 is 0. The molecule has 2 heterocycles. The number of ether oxygens (including phenoxy) is 1. The summed E-state index contributed by atoms with van der Waals surface area (Å²) in [5.41, 5.74) is 1.60. The van der Waals surface area contributed by atoms with E-state index in [4.69, 9.17) is 4.74 Å². The molecule has 0 aliphatic carbocycles. The molecule has 0 atom stereocenters. The summed E-state index contributed by atoms with van der Waals surface area (Å²) in [6, 6.07) is 12.2. The second-order valence-electron chi connectivity index (χ2n) is 8.06. The van der Waals surface area contributed by atoms with Crippen LogP contribution in [0.3, 0.4) is 0 Å². The Bertz CT molecular complexity index is 1320. The van der Waals surface area contributed by atoms with Crippen LogP contribution in [0.4, 0.5) is 20.3 Å². The highest BCUT2D eigenvalue weighted by Gasteiger charge is 2.13. The van der Waals surface area contributed by atoms with Crippen LogP contribution in [0.1, 0.15) is 13.8 Å². The third-order valence-electron chi connectivity index (χ3n) is 4.85. The monoisotopic (exact) mass is 463 g/mol. The van der Waals surface area contributed by atoms with Crippen LogP contribution in [0, 0.1) is 17.6 Å². The van der Waals surface area contributed by atoms with E-state index in [9.17, 15) is 13.6 Å². The van der Waals surface area contributed by atoms with Gasteiger partial charge in [0, 0.05) is 41.6 Å². The Kier molecular flexibility index (Phi) is 6.91. The number of anilines is 2. The molecule has 0 spiro atoms. The van der Waals surface area contributed by atoms with Gasteiger partial charge in [-0.2, -0.15) is 0 Å². The molecule has 2 aromatic carbocycles. The summed E-state index contributed by atoms with van der Waals surface area (Å²) < 4.78 is 32.8. The largest absolute Gasteiger partial charge is 0.484 e. The molecule has 0 aliphatic rings. The fourth-order valence-corrected chi connectivity index (χ4v) is 3.15. The maximum Gasteiger partial charge on any atom is 0.257 e. The van der Waals surface area contributed by atoms with Gasteiger partial charge >= 0.3 is 0 Å². The van der Waals surface area contributed by atoms with Crippen molar-refractivity contribution in [2.24, 2.45) is 5.92 Å². The summed E-state index contributed by atoms with van der Waals surface area (Å²) in [5, 5.41) is 6.41. The molecule has 4 aromatic rings. The number of nitrogens with zero attached hydrogens (tertiary/aromatic N) is 3. The number of hydrogen-bond donors (Lipinski definition) is 2. The smallest absolute Gasteiger partial charge is 0.257 e. The number of fused-ring (bicyclic) bond motifs is 1. The Morgan fingerprint density at radius 2 is 1.91 bits per heavy atom. The van der Waals surface area contributed by atoms with Crippen molar-refractivity contribution < 1.29 is 18.3 Å². The van der Waals surface area contributed by atoms with E-state index in [1.807, 2.05) is 19.9 Å². The molecule has 2 N–H and O–H groups in total. The van der Waals surface area contributed by atoms with Crippen molar-refractivity contribution >= 4 is 28.3 Å². The maximum atomic E-state index is 13.8. The molecular weight excluding hydrogens is 440 g/mol. The second-order valence-corrected chi connectivity index (χ2v) is 8.06. The average Bonchev–Trinajstić information content (AvgIpc) is 2.84. The third-order valence-corrected chi connectivity index (χ3v) is 4.85. The summed E-state index contributed by atoms with van der Waals surface area (Å²) in [4.78, 5) is 25.3. The molecule has 0 saturated carbocycles. The van der Waals surface area contributed by atoms with Gasteiger partial charge in [-0.3, -0.25) is 9.78 Å². The van der Waals surface area contributed by atoms with Crippen LogP contribution in [0.25, 0.3) is 22.3 Å². The van der Waals surface area contributed by atoms with Crippen molar-refractivity contribution in [2.75, 3.05) is 18.5 Å². The second kappa shape index (κ2) is 10.2. The van der Waals surface area contributed by atoms with Gasteiger partial charge in [0.05, 0.1) is 5.52 Å². The first-order valence-corrected chi connectivity index (χ1v) is 10.7. The first kappa shape index (κ1) is 23.0. The van der Waals surface area contributed by atoms with E-state index in [0.29, 0.717) is 52.0 Å². The quantitative estimate of drug-likeness (QED) is 0.388. The summed E-state index contributed by atoms with van der Waals surface area (Å²) in [6.45, 7) is 4.43. The SMILES string of the molecule is CC(C)CNC(=O)COc1ccc2nc(-c3cccnc3)nc(Nc3ccc(F)c(F)c3)c2c1. The molecule has 9 heteroatoms. The van der Waals surface area contributed by atoms with Gasteiger partial charge < -0.3 is 15.4 Å². The molecule has 4 rings (SSSR count). The number of nitrogens with one attached hydrogen (secondary N) is 2. The molecular formula is C25H23F2N5O2. The Hall–Kier alpha value is -4.14. The van der Waals surface area contributed by atoms with Crippen LogP contribution in [0.15, 0.2) is 60.9 Å². The van der Waals surface area contributed by atoms with Crippen molar-refractivity contribution in [2.45, 2.75) is 13.8 Å². The molecule has 0 saturated heterocycles. The Morgan fingerprint density at radius 3 is 2.65 bits per heavy atom. The van der Waals surface area contributed by atoms with Gasteiger partial charge in [-0.1, -0.05) is 13.8 Å². The number of pyridine rings is 1. The van der Waals surface area contributed by atoms with E-state index in [-0.39, 0.29) is 12.5 Å². The van der Waals surface area contributed by atoms with Crippen LogP contribution >= 0.6 is 0 Å². The lowest BCUT2D eigenvalue weighted by atomic mass is 10.2. The molecule has 34 heavy (non-hydrogen) atoms. The Morgan fingerprint density at radius 1 is 1.06 bits per heavy atom. The fourth-order valence-electron chi connectivity index (χ4n) is 3.15. The Balaban J connectivity index is 1.68. The van der Waals surface area contributed by atoms with Crippen LogP contribution in [0.2, 0.25) is 0 Å². The number of amides is 1. The minimum Gasteiger partial charge on any atom is -0.484 e. The van der Waals surface area contributed by atoms with Crippen molar-refractivity contribution in [1.29, 1.82) is 0 Å². The highest BCUT2D eigenvalue weighted by molar-refractivity contribution is 5.93. The highest BCUT2D eigenvalue weighted by atomic mass is 19.2.